The normalized spacial score (nSPS) is 15.9. The molecule has 0 aromatic carbocycles. The van der Waals surface area contributed by atoms with Gasteiger partial charge in [-0.15, -0.1) is 0 Å². The molecule has 5 rings (SSSR count). The number of hydrogen-bond donors (Lipinski definition) is 1. The van der Waals surface area contributed by atoms with Gasteiger partial charge in [0.25, 0.3) is 5.91 Å². The first-order valence-electron chi connectivity index (χ1n) is 13.8. The SMILES string of the molecule is COc1cnc(Cl)cc1-c1cc(C)ncc1C(=O)Nc1nc2cnc(C3=CCC(O[Si](C)(C)C(C)(C)C)CC3)nc2s1. The van der Waals surface area contributed by atoms with Crippen LogP contribution < -0.4 is 10.1 Å². The second kappa shape index (κ2) is 11.8. The van der Waals surface area contributed by atoms with Crippen molar-refractivity contribution >= 4 is 58.2 Å². The molecule has 0 saturated heterocycles. The predicted molar refractivity (Wildman–Crippen MR) is 171 cm³/mol. The zero-order valence-corrected chi connectivity index (χ0v) is 27.5. The van der Waals surface area contributed by atoms with Crippen molar-refractivity contribution in [1.82, 2.24) is 24.9 Å². The molecule has 4 aromatic heterocycles. The number of rotatable bonds is 7. The molecule has 1 unspecified atom stereocenters. The first-order chi connectivity index (χ1) is 19.8. The Bertz CT molecular complexity index is 1680. The number of hydrogen-bond acceptors (Lipinski definition) is 9. The third-order valence-corrected chi connectivity index (χ3v) is 13.5. The first kappa shape index (κ1) is 30.2. The van der Waals surface area contributed by atoms with Crippen LogP contribution in [-0.4, -0.2) is 52.4 Å². The Labute approximate surface area is 255 Å². The van der Waals surface area contributed by atoms with Crippen LogP contribution in [0.5, 0.6) is 5.75 Å². The summed E-state index contributed by atoms with van der Waals surface area (Å²) in [6, 6.07) is 3.49. The van der Waals surface area contributed by atoms with E-state index in [0.717, 1.165) is 30.5 Å². The van der Waals surface area contributed by atoms with Gasteiger partial charge in [-0.1, -0.05) is 49.8 Å². The molecule has 1 atom stereocenters. The second-order valence-corrected chi connectivity index (χ2v) is 18.1. The van der Waals surface area contributed by atoms with Gasteiger partial charge in [-0.2, -0.15) is 0 Å². The number of thiazole rings is 1. The summed E-state index contributed by atoms with van der Waals surface area (Å²) in [4.78, 5) is 36.5. The van der Waals surface area contributed by atoms with Crippen LogP contribution in [0, 0.1) is 6.92 Å². The van der Waals surface area contributed by atoms with Crippen molar-refractivity contribution in [2.75, 3.05) is 12.4 Å². The monoisotopic (exact) mass is 622 g/mol. The van der Waals surface area contributed by atoms with Crippen molar-refractivity contribution < 1.29 is 14.0 Å². The minimum atomic E-state index is -1.82. The van der Waals surface area contributed by atoms with Gasteiger partial charge in [-0.3, -0.25) is 15.1 Å². The zero-order chi connectivity index (χ0) is 30.2. The number of allylic oxidation sites excluding steroid dienone is 1. The summed E-state index contributed by atoms with van der Waals surface area (Å²) in [6.45, 7) is 13.2. The number of anilines is 1. The van der Waals surface area contributed by atoms with E-state index in [0.29, 0.717) is 48.9 Å². The summed E-state index contributed by atoms with van der Waals surface area (Å²) in [5.74, 6) is 0.834. The van der Waals surface area contributed by atoms with Crippen LogP contribution in [0.1, 0.15) is 61.9 Å². The minimum absolute atomic E-state index is 0.182. The minimum Gasteiger partial charge on any atom is -0.494 e. The standard InChI is InChI=1S/C30H35ClN6O3SSi/c1-17-12-20(21-13-25(31)33-16-24(21)39-5)22(14-32-17)27(38)37-29-35-23-15-34-26(36-28(23)41-29)18-8-10-19(11-9-18)40-42(6,7)30(2,3)4/h8,12-16,19H,9-11H2,1-7H3,(H,35,37,38). The lowest BCUT2D eigenvalue weighted by Gasteiger charge is -2.40. The van der Waals surface area contributed by atoms with Crippen molar-refractivity contribution in [1.29, 1.82) is 0 Å². The number of methoxy groups -OCH3 is 1. The lowest BCUT2D eigenvalue weighted by atomic mass is 9.97. The Hall–Kier alpha value is -3.25. The fourth-order valence-corrected chi connectivity index (χ4v) is 6.94. The highest BCUT2D eigenvalue weighted by atomic mass is 35.5. The molecule has 0 saturated carbocycles. The molecule has 4 heterocycles. The number of nitrogens with one attached hydrogen (secondary N) is 1. The number of nitrogens with zero attached hydrogens (tertiary/aromatic N) is 5. The van der Waals surface area contributed by atoms with E-state index in [1.165, 1.54) is 23.7 Å². The maximum absolute atomic E-state index is 13.5. The molecule has 1 amide bonds. The lowest BCUT2D eigenvalue weighted by Crippen LogP contribution is -2.44. The molecule has 0 fully saturated rings. The van der Waals surface area contributed by atoms with Crippen LogP contribution in [-0.2, 0) is 4.43 Å². The Balaban J connectivity index is 1.35. The zero-order valence-electron chi connectivity index (χ0n) is 24.9. The van der Waals surface area contributed by atoms with E-state index in [1.807, 2.05) is 13.0 Å². The van der Waals surface area contributed by atoms with Gasteiger partial charge in [-0.25, -0.2) is 19.9 Å². The molecule has 0 aliphatic heterocycles. The van der Waals surface area contributed by atoms with E-state index in [1.54, 1.807) is 19.4 Å². The fourth-order valence-electron chi connectivity index (χ4n) is 4.58. The topological polar surface area (TPSA) is 112 Å². The molecule has 0 radical (unpaired) electrons. The van der Waals surface area contributed by atoms with Gasteiger partial charge < -0.3 is 9.16 Å². The van der Waals surface area contributed by atoms with Crippen LogP contribution in [0.3, 0.4) is 0 Å². The number of aryl methyl sites for hydroxylation is 1. The highest BCUT2D eigenvalue weighted by Crippen LogP contribution is 2.40. The van der Waals surface area contributed by atoms with Crippen LogP contribution in [0.25, 0.3) is 27.0 Å². The highest BCUT2D eigenvalue weighted by molar-refractivity contribution is 7.22. The second-order valence-electron chi connectivity index (χ2n) is 11.9. The third kappa shape index (κ3) is 6.39. The Kier molecular flexibility index (Phi) is 8.48. The Morgan fingerprint density at radius 3 is 2.57 bits per heavy atom. The summed E-state index contributed by atoms with van der Waals surface area (Å²) in [5, 5.41) is 3.81. The lowest BCUT2D eigenvalue weighted by molar-refractivity contribution is 0.102. The van der Waals surface area contributed by atoms with E-state index >= 15 is 0 Å². The molecule has 0 bridgehead atoms. The molecule has 1 N–H and O–H groups in total. The predicted octanol–water partition coefficient (Wildman–Crippen LogP) is 7.72. The average molecular weight is 623 g/mol. The van der Waals surface area contributed by atoms with Crippen LogP contribution in [0.15, 0.2) is 36.8 Å². The molecule has 0 spiro atoms. The number of amides is 1. The molecule has 220 valence electrons. The molecular formula is C30H35ClN6O3SSi. The van der Waals surface area contributed by atoms with Gasteiger partial charge >= 0.3 is 0 Å². The molecule has 4 aromatic rings. The Morgan fingerprint density at radius 2 is 1.88 bits per heavy atom. The van der Waals surface area contributed by atoms with Crippen LogP contribution in [0.2, 0.25) is 23.3 Å². The Morgan fingerprint density at radius 1 is 1.10 bits per heavy atom. The number of carbonyl (C=O) groups is 1. The van der Waals surface area contributed by atoms with Gasteiger partial charge in [0.2, 0.25) is 0 Å². The molecule has 1 aliphatic rings. The van der Waals surface area contributed by atoms with Gasteiger partial charge in [-0.05, 0) is 62.0 Å². The summed E-state index contributed by atoms with van der Waals surface area (Å²) in [7, 11) is -0.274. The summed E-state index contributed by atoms with van der Waals surface area (Å²) in [6.07, 6.45) is 9.88. The number of aromatic nitrogens is 5. The number of ether oxygens (including phenoxy) is 1. The number of carbonyl (C=O) groups excluding carboxylic acids is 1. The summed E-state index contributed by atoms with van der Waals surface area (Å²) in [5.41, 5.74) is 4.11. The van der Waals surface area contributed by atoms with E-state index in [2.05, 4.69) is 65.2 Å². The summed E-state index contributed by atoms with van der Waals surface area (Å²) >= 11 is 7.48. The molecule has 12 heteroatoms. The van der Waals surface area contributed by atoms with E-state index in [9.17, 15) is 4.79 Å². The molecule has 9 nitrogen and oxygen atoms in total. The molecule has 42 heavy (non-hydrogen) atoms. The quantitative estimate of drug-likeness (QED) is 0.165. The number of pyridine rings is 2. The highest BCUT2D eigenvalue weighted by Gasteiger charge is 2.39. The van der Waals surface area contributed by atoms with E-state index in [-0.39, 0.29) is 17.0 Å². The largest absolute Gasteiger partial charge is 0.494 e. The van der Waals surface area contributed by atoms with Crippen molar-refractivity contribution in [2.24, 2.45) is 0 Å². The number of fused-ring (bicyclic) bond motifs is 1. The third-order valence-electron chi connectivity index (χ3n) is 7.92. The van der Waals surface area contributed by atoms with Crippen LogP contribution in [0.4, 0.5) is 5.13 Å². The van der Waals surface area contributed by atoms with Crippen molar-refractivity contribution in [3.63, 3.8) is 0 Å². The first-order valence-corrected chi connectivity index (χ1v) is 17.9. The smallest absolute Gasteiger partial charge is 0.259 e. The fraction of sp³-hybridized carbons (Fsp3) is 0.400. The molecule has 1 aliphatic carbocycles. The molecular weight excluding hydrogens is 588 g/mol. The summed E-state index contributed by atoms with van der Waals surface area (Å²) < 4.78 is 12.1. The maximum atomic E-state index is 13.5. The van der Waals surface area contributed by atoms with E-state index < -0.39 is 8.32 Å². The maximum Gasteiger partial charge on any atom is 0.259 e. The van der Waals surface area contributed by atoms with Gasteiger partial charge in [0, 0.05) is 29.1 Å². The van der Waals surface area contributed by atoms with Crippen LogP contribution >= 0.6 is 22.9 Å². The average Bonchev–Trinajstić information content (AvgIpc) is 3.34. The van der Waals surface area contributed by atoms with Crippen molar-refractivity contribution in [2.45, 2.75) is 71.2 Å². The van der Waals surface area contributed by atoms with Gasteiger partial charge in [0.1, 0.15) is 21.2 Å². The van der Waals surface area contributed by atoms with Gasteiger partial charge in [0.05, 0.1) is 25.1 Å². The van der Waals surface area contributed by atoms with E-state index in [4.69, 9.17) is 25.7 Å². The van der Waals surface area contributed by atoms with Crippen molar-refractivity contribution in [3.05, 3.63) is 59.0 Å². The number of halogens is 1. The van der Waals surface area contributed by atoms with Crippen molar-refractivity contribution in [3.8, 4) is 16.9 Å². The van der Waals surface area contributed by atoms with Gasteiger partial charge in [0.15, 0.2) is 19.3 Å².